The number of carbonyl (C=O) groups excluding carboxylic acids is 2. The Balaban J connectivity index is 1.58. The van der Waals surface area contributed by atoms with E-state index in [1.807, 2.05) is 61.8 Å². The number of amides is 3. The van der Waals surface area contributed by atoms with Gasteiger partial charge in [0.05, 0.1) is 0 Å². The van der Waals surface area contributed by atoms with Crippen LogP contribution < -0.4 is 10.6 Å². The maximum Gasteiger partial charge on any atom is 0.320 e. The van der Waals surface area contributed by atoms with E-state index in [4.69, 9.17) is 0 Å². The fraction of sp³-hybridized carbons (Fsp3) is 0.227. The number of nitrogens with one attached hydrogen (secondary N) is 2. The van der Waals surface area contributed by atoms with Crippen LogP contribution in [0.2, 0.25) is 0 Å². The Morgan fingerprint density at radius 1 is 1.07 bits per heavy atom. The SMILES string of the molecule is CN(C)C(=O)c1cccc(CCNC(=O)Nc2nn(C)cc2-c2ccccc2)c1. The molecule has 0 spiro atoms. The summed E-state index contributed by atoms with van der Waals surface area (Å²) in [5.41, 5.74) is 3.47. The van der Waals surface area contributed by atoms with Gasteiger partial charge in [-0.15, -0.1) is 0 Å². The van der Waals surface area contributed by atoms with Gasteiger partial charge in [-0.05, 0) is 29.7 Å². The average Bonchev–Trinajstić information content (AvgIpc) is 3.08. The number of urea groups is 1. The third-order valence-electron chi connectivity index (χ3n) is 4.42. The monoisotopic (exact) mass is 391 g/mol. The molecule has 3 amide bonds. The fourth-order valence-corrected chi connectivity index (χ4v) is 3.00. The van der Waals surface area contributed by atoms with Crippen LogP contribution >= 0.6 is 0 Å². The van der Waals surface area contributed by atoms with Gasteiger partial charge in [0.2, 0.25) is 0 Å². The van der Waals surface area contributed by atoms with E-state index in [0.29, 0.717) is 24.3 Å². The molecule has 1 aromatic heterocycles. The van der Waals surface area contributed by atoms with Gasteiger partial charge in [0.15, 0.2) is 5.82 Å². The van der Waals surface area contributed by atoms with Crippen LogP contribution in [0.15, 0.2) is 60.8 Å². The highest BCUT2D eigenvalue weighted by Gasteiger charge is 2.13. The van der Waals surface area contributed by atoms with Crippen molar-refractivity contribution < 1.29 is 9.59 Å². The lowest BCUT2D eigenvalue weighted by Gasteiger charge is -2.11. The van der Waals surface area contributed by atoms with Crippen molar-refractivity contribution >= 4 is 17.8 Å². The smallest absolute Gasteiger partial charge is 0.320 e. The first-order valence-corrected chi connectivity index (χ1v) is 9.38. The second-order valence-corrected chi connectivity index (χ2v) is 6.96. The van der Waals surface area contributed by atoms with E-state index in [9.17, 15) is 9.59 Å². The van der Waals surface area contributed by atoms with Crippen LogP contribution in [-0.4, -0.2) is 47.3 Å². The van der Waals surface area contributed by atoms with Gasteiger partial charge in [-0.1, -0.05) is 42.5 Å². The van der Waals surface area contributed by atoms with Crippen LogP contribution in [0.25, 0.3) is 11.1 Å². The van der Waals surface area contributed by atoms with Gasteiger partial charge in [0, 0.05) is 45.0 Å². The summed E-state index contributed by atoms with van der Waals surface area (Å²) < 4.78 is 1.67. The average molecular weight is 391 g/mol. The molecule has 0 unspecified atom stereocenters. The van der Waals surface area contributed by atoms with Gasteiger partial charge in [-0.2, -0.15) is 5.10 Å². The number of aromatic nitrogens is 2. The number of carbonyl (C=O) groups is 2. The van der Waals surface area contributed by atoms with Crippen molar-refractivity contribution in [2.24, 2.45) is 7.05 Å². The number of aryl methyl sites for hydroxylation is 1. The molecule has 3 aromatic rings. The lowest BCUT2D eigenvalue weighted by molar-refractivity contribution is 0.0827. The number of hydrogen-bond donors (Lipinski definition) is 2. The summed E-state index contributed by atoms with van der Waals surface area (Å²) in [4.78, 5) is 25.9. The van der Waals surface area contributed by atoms with Gasteiger partial charge < -0.3 is 10.2 Å². The highest BCUT2D eigenvalue weighted by atomic mass is 16.2. The van der Waals surface area contributed by atoms with Crippen LogP contribution in [-0.2, 0) is 13.5 Å². The van der Waals surface area contributed by atoms with E-state index in [-0.39, 0.29) is 11.9 Å². The van der Waals surface area contributed by atoms with E-state index in [1.54, 1.807) is 29.7 Å². The van der Waals surface area contributed by atoms with Gasteiger partial charge in [-0.3, -0.25) is 14.8 Å². The Hall–Kier alpha value is -3.61. The van der Waals surface area contributed by atoms with Crippen LogP contribution in [0, 0.1) is 0 Å². The number of rotatable bonds is 6. The van der Waals surface area contributed by atoms with Gasteiger partial charge in [0.1, 0.15) is 0 Å². The highest BCUT2D eigenvalue weighted by molar-refractivity contribution is 5.94. The van der Waals surface area contributed by atoms with Crippen molar-refractivity contribution in [2.75, 3.05) is 26.0 Å². The Kier molecular flexibility index (Phi) is 6.29. The van der Waals surface area contributed by atoms with E-state index < -0.39 is 0 Å². The van der Waals surface area contributed by atoms with Crippen LogP contribution in [0.4, 0.5) is 10.6 Å². The topological polar surface area (TPSA) is 79.3 Å². The third-order valence-corrected chi connectivity index (χ3v) is 4.42. The highest BCUT2D eigenvalue weighted by Crippen LogP contribution is 2.26. The zero-order chi connectivity index (χ0) is 20.8. The van der Waals surface area contributed by atoms with Crippen molar-refractivity contribution in [1.82, 2.24) is 20.0 Å². The molecular formula is C22H25N5O2. The summed E-state index contributed by atoms with van der Waals surface area (Å²) in [5, 5.41) is 10.0. The van der Waals surface area contributed by atoms with E-state index in [0.717, 1.165) is 16.7 Å². The van der Waals surface area contributed by atoms with Gasteiger partial charge in [0.25, 0.3) is 5.91 Å². The normalized spacial score (nSPS) is 10.4. The van der Waals surface area contributed by atoms with Crippen molar-refractivity contribution in [3.05, 3.63) is 71.9 Å². The standard InChI is InChI=1S/C22H25N5O2/c1-26(2)21(28)18-11-7-8-16(14-18)12-13-23-22(29)24-20-19(15-27(3)25-20)17-9-5-4-6-10-17/h4-11,14-15H,12-13H2,1-3H3,(H2,23,24,25,29). The predicted molar refractivity (Wildman–Crippen MR) is 114 cm³/mol. The molecule has 0 saturated heterocycles. The molecule has 7 heteroatoms. The largest absolute Gasteiger partial charge is 0.345 e. The van der Waals surface area contributed by atoms with Crippen LogP contribution in [0.1, 0.15) is 15.9 Å². The number of nitrogens with zero attached hydrogens (tertiary/aromatic N) is 3. The molecule has 2 N–H and O–H groups in total. The van der Waals surface area contributed by atoms with Crippen molar-refractivity contribution in [3.8, 4) is 11.1 Å². The molecular weight excluding hydrogens is 366 g/mol. The Labute approximate surface area is 170 Å². The lowest BCUT2D eigenvalue weighted by atomic mass is 10.1. The molecule has 2 aromatic carbocycles. The van der Waals surface area contributed by atoms with Crippen molar-refractivity contribution in [3.63, 3.8) is 0 Å². The fourth-order valence-electron chi connectivity index (χ4n) is 3.00. The number of hydrogen-bond acceptors (Lipinski definition) is 3. The molecule has 0 bridgehead atoms. The quantitative estimate of drug-likeness (QED) is 0.677. The molecule has 7 nitrogen and oxygen atoms in total. The minimum absolute atomic E-state index is 0.0406. The van der Waals surface area contributed by atoms with Crippen molar-refractivity contribution in [1.29, 1.82) is 0 Å². The first-order chi connectivity index (χ1) is 13.9. The van der Waals surface area contributed by atoms with Crippen LogP contribution in [0.3, 0.4) is 0 Å². The zero-order valence-electron chi connectivity index (χ0n) is 16.8. The molecule has 0 aliphatic rings. The van der Waals surface area contributed by atoms with Gasteiger partial charge in [-0.25, -0.2) is 4.79 Å². The second-order valence-electron chi connectivity index (χ2n) is 6.96. The molecule has 1 heterocycles. The minimum Gasteiger partial charge on any atom is -0.345 e. The lowest BCUT2D eigenvalue weighted by Crippen LogP contribution is -2.30. The minimum atomic E-state index is -0.318. The summed E-state index contributed by atoms with van der Waals surface area (Å²) in [5.74, 6) is 0.468. The summed E-state index contributed by atoms with van der Waals surface area (Å²) in [6.07, 6.45) is 2.49. The summed E-state index contributed by atoms with van der Waals surface area (Å²) >= 11 is 0. The first-order valence-electron chi connectivity index (χ1n) is 9.38. The summed E-state index contributed by atoms with van der Waals surface area (Å²) in [7, 11) is 5.27. The summed E-state index contributed by atoms with van der Waals surface area (Å²) in [6, 6.07) is 16.9. The molecule has 29 heavy (non-hydrogen) atoms. The molecule has 150 valence electrons. The number of anilines is 1. The molecule has 0 aliphatic heterocycles. The summed E-state index contributed by atoms with van der Waals surface area (Å²) in [6.45, 7) is 0.443. The number of benzene rings is 2. The molecule has 0 radical (unpaired) electrons. The third kappa shape index (κ3) is 5.22. The predicted octanol–water partition coefficient (Wildman–Crippen LogP) is 3.15. The molecule has 0 saturated carbocycles. The molecule has 0 aliphatic carbocycles. The maximum absolute atomic E-state index is 12.3. The Morgan fingerprint density at radius 2 is 1.83 bits per heavy atom. The van der Waals surface area contributed by atoms with Crippen LogP contribution in [0.5, 0.6) is 0 Å². The Bertz CT molecular complexity index is 995. The van der Waals surface area contributed by atoms with Gasteiger partial charge >= 0.3 is 6.03 Å². The maximum atomic E-state index is 12.3. The van der Waals surface area contributed by atoms with E-state index >= 15 is 0 Å². The van der Waals surface area contributed by atoms with Crippen molar-refractivity contribution in [2.45, 2.75) is 6.42 Å². The molecule has 3 rings (SSSR count). The molecule has 0 fully saturated rings. The first kappa shape index (κ1) is 20.1. The zero-order valence-corrected chi connectivity index (χ0v) is 16.8. The second kappa shape index (κ2) is 9.05. The Morgan fingerprint density at radius 3 is 2.55 bits per heavy atom. The van der Waals surface area contributed by atoms with E-state index in [2.05, 4.69) is 15.7 Å². The molecule has 0 atom stereocenters. The van der Waals surface area contributed by atoms with E-state index in [1.165, 1.54) is 0 Å².